The Bertz CT molecular complexity index is 467. The number of rotatable bonds is 5. The number of piperidine rings is 1. The van der Waals surface area contributed by atoms with Gasteiger partial charge in [-0.1, -0.05) is 0 Å². The topological polar surface area (TPSA) is 66.5 Å². The van der Waals surface area contributed by atoms with Crippen molar-refractivity contribution in [1.82, 2.24) is 15.2 Å². The number of likely N-dealkylation sites (tertiary alicyclic amines) is 1. The Balaban J connectivity index is 1.81. The van der Waals surface area contributed by atoms with Gasteiger partial charge in [0.15, 0.2) is 0 Å². The largest absolute Gasteiger partial charge is 0.476 e. The fraction of sp³-hybridized carbons (Fsp3) is 0.600. The third kappa shape index (κ3) is 4.90. The number of anilines is 1. The maximum atomic E-state index is 12.0. The average molecular weight is 292 g/mol. The zero-order valence-electron chi connectivity index (χ0n) is 12.8. The van der Waals surface area contributed by atoms with Crippen LogP contribution in [-0.2, 0) is 0 Å². The lowest BCUT2D eigenvalue weighted by Crippen LogP contribution is -2.40. The molecule has 2 N–H and O–H groups in total. The van der Waals surface area contributed by atoms with Gasteiger partial charge in [-0.3, -0.25) is 0 Å². The van der Waals surface area contributed by atoms with Crippen molar-refractivity contribution in [3.8, 4) is 5.88 Å². The number of hydrogen-bond donors (Lipinski definition) is 2. The standard InChI is InChI=1S/C15H24N4O2/c1-3-21-14-13(7-4-8-16-14)18-15(20)17-10-12-6-5-9-19(2)11-12/h4,7-8,12H,3,5-6,9-11H2,1-2H3,(H2,17,18,20). The molecule has 2 heterocycles. The van der Waals surface area contributed by atoms with E-state index in [1.54, 1.807) is 18.3 Å². The van der Waals surface area contributed by atoms with Gasteiger partial charge in [0.2, 0.25) is 5.88 Å². The predicted octanol–water partition coefficient (Wildman–Crippen LogP) is 1.94. The number of carbonyl (C=O) groups excluding carboxylic acids is 1. The second kappa shape index (κ2) is 7.83. The van der Waals surface area contributed by atoms with Gasteiger partial charge >= 0.3 is 6.03 Å². The molecule has 6 heteroatoms. The summed E-state index contributed by atoms with van der Waals surface area (Å²) in [5.74, 6) is 0.974. The molecule has 1 unspecified atom stereocenters. The Labute approximate surface area is 125 Å². The fourth-order valence-electron chi connectivity index (χ4n) is 2.58. The van der Waals surface area contributed by atoms with Gasteiger partial charge in [-0.05, 0) is 51.4 Å². The molecule has 1 aromatic heterocycles. The first-order chi connectivity index (χ1) is 10.2. The van der Waals surface area contributed by atoms with Crippen molar-refractivity contribution >= 4 is 11.7 Å². The van der Waals surface area contributed by atoms with Gasteiger partial charge in [0, 0.05) is 19.3 Å². The van der Waals surface area contributed by atoms with E-state index in [2.05, 4.69) is 27.6 Å². The van der Waals surface area contributed by atoms with Crippen molar-refractivity contribution in [2.24, 2.45) is 5.92 Å². The molecule has 6 nitrogen and oxygen atoms in total. The van der Waals surface area contributed by atoms with Crippen LogP contribution in [0.5, 0.6) is 5.88 Å². The summed E-state index contributed by atoms with van der Waals surface area (Å²) in [5.41, 5.74) is 0.595. The summed E-state index contributed by atoms with van der Waals surface area (Å²) in [6, 6.07) is 3.34. The molecule has 1 aliphatic heterocycles. The molecule has 1 saturated heterocycles. The lowest BCUT2D eigenvalue weighted by molar-refractivity contribution is 0.204. The number of aromatic nitrogens is 1. The van der Waals surface area contributed by atoms with Crippen molar-refractivity contribution < 1.29 is 9.53 Å². The molecule has 0 radical (unpaired) electrons. The fourth-order valence-corrected chi connectivity index (χ4v) is 2.58. The Morgan fingerprint density at radius 3 is 3.19 bits per heavy atom. The van der Waals surface area contributed by atoms with Crippen LogP contribution in [0.2, 0.25) is 0 Å². The van der Waals surface area contributed by atoms with Crippen LogP contribution < -0.4 is 15.4 Å². The predicted molar refractivity (Wildman–Crippen MR) is 82.6 cm³/mol. The van der Waals surface area contributed by atoms with Crippen molar-refractivity contribution in [1.29, 1.82) is 0 Å². The quantitative estimate of drug-likeness (QED) is 0.870. The summed E-state index contributed by atoms with van der Waals surface area (Å²) < 4.78 is 5.39. The molecule has 0 spiro atoms. The van der Waals surface area contributed by atoms with Crippen LogP contribution in [0.1, 0.15) is 19.8 Å². The second-order valence-corrected chi connectivity index (χ2v) is 5.39. The minimum absolute atomic E-state index is 0.211. The summed E-state index contributed by atoms with van der Waals surface area (Å²) in [6.07, 6.45) is 4.01. The molecule has 0 saturated carbocycles. The highest BCUT2D eigenvalue weighted by atomic mass is 16.5. The van der Waals surface area contributed by atoms with Crippen LogP contribution in [0.3, 0.4) is 0 Å². The van der Waals surface area contributed by atoms with E-state index in [0.29, 0.717) is 30.6 Å². The number of nitrogens with zero attached hydrogens (tertiary/aromatic N) is 2. The summed E-state index contributed by atoms with van der Waals surface area (Å²) in [6.45, 7) is 5.29. The minimum atomic E-state index is -0.211. The van der Waals surface area contributed by atoms with Gasteiger partial charge in [-0.15, -0.1) is 0 Å². The molecule has 1 atom stereocenters. The first kappa shape index (κ1) is 15.6. The smallest absolute Gasteiger partial charge is 0.319 e. The first-order valence-corrected chi connectivity index (χ1v) is 7.50. The SMILES string of the molecule is CCOc1ncccc1NC(=O)NCC1CCCN(C)C1. The zero-order chi connectivity index (χ0) is 15.1. The summed E-state index contributed by atoms with van der Waals surface area (Å²) in [4.78, 5) is 18.4. The van der Waals surface area contributed by atoms with E-state index < -0.39 is 0 Å². The molecule has 1 fully saturated rings. The molecule has 2 rings (SSSR count). The van der Waals surface area contributed by atoms with Gasteiger partial charge in [-0.2, -0.15) is 0 Å². The van der Waals surface area contributed by atoms with E-state index in [1.165, 1.54) is 12.8 Å². The molecule has 0 bridgehead atoms. The van der Waals surface area contributed by atoms with Gasteiger partial charge in [-0.25, -0.2) is 9.78 Å². The number of pyridine rings is 1. The number of hydrogen-bond acceptors (Lipinski definition) is 4. The Morgan fingerprint density at radius 1 is 1.57 bits per heavy atom. The molecule has 1 aliphatic rings. The average Bonchev–Trinajstić information content (AvgIpc) is 2.48. The minimum Gasteiger partial charge on any atom is -0.476 e. The summed E-state index contributed by atoms with van der Waals surface area (Å²) in [5, 5.41) is 5.73. The molecule has 0 aliphatic carbocycles. The number of amides is 2. The van der Waals surface area contributed by atoms with Crippen LogP contribution in [0, 0.1) is 5.92 Å². The monoisotopic (exact) mass is 292 g/mol. The molecule has 2 amide bonds. The first-order valence-electron chi connectivity index (χ1n) is 7.50. The maximum absolute atomic E-state index is 12.0. The Morgan fingerprint density at radius 2 is 2.43 bits per heavy atom. The molecular formula is C15H24N4O2. The van der Waals surface area contributed by atoms with Crippen molar-refractivity contribution in [2.75, 3.05) is 38.6 Å². The van der Waals surface area contributed by atoms with Gasteiger partial charge < -0.3 is 20.3 Å². The third-order valence-electron chi connectivity index (χ3n) is 3.57. The Kier molecular flexibility index (Phi) is 5.80. The third-order valence-corrected chi connectivity index (χ3v) is 3.57. The van der Waals surface area contributed by atoms with E-state index >= 15 is 0 Å². The van der Waals surface area contributed by atoms with E-state index in [-0.39, 0.29) is 6.03 Å². The van der Waals surface area contributed by atoms with Gasteiger partial charge in [0.1, 0.15) is 5.69 Å². The van der Waals surface area contributed by atoms with Crippen molar-refractivity contribution in [3.63, 3.8) is 0 Å². The molecule has 0 aromatic carbocycles. The number of urea groups is 1. The zero-order valence-corrected chi connectivity index (χ0v) is 12.8. The van der Waals surface area contributed by atoms with E-state index in [1.807, 2.05) is 6.92 Å². The lowest BCUT2D eigenvalue weighted by atomic mass is 9.99. The van der Waals surface area contributed by atoms with Crippen LogP contribution in [0.4, 0.5) is 10.5 Å². The molecule has 21 heavy (non-hydrogen) atoms. The van der Waals surface area contributed by atoms with E-state index in [4.69, 9.17) is 4.74 Å². The van der Waals surface area contributed by atoms with Crippen molar-refractivity contribution in [3.05, 3.63) is 18.3 Å². The lowest BCUT2D eigenvalue weighted by Gasteiger charge is -2.29. The van der Waals surface area contributed by atoms with E-state index in [9.17, 15) is 4.79 Å². The van der Waals surface area contributed by atoms with Crippen LogP contribution in [0.25, 0.3) is 0 Å². The van der Waals surface area contributed by atoms with Crippen LogP contribution >= 0.6 is 0 Å². The highest BCUT2D eigenvalue weighted by Gasteiger charge is 2.18. The van der Waals surface area contributed by atoms with Crippen LogP contribution in [0.15, 0.2) is 18.3 Å². The van der Waals surface area contributed by atoms with E-state index in [0.717, 1.165) is 13.1 Å². The molecule has 1 aromatic rings. The molecular weight excluding hydrogens is 268 g/mol. The number of nitrogens with one attached hydrogen (secondary N) is 2. The molecule has 116 valence electrons. The van der Waals surface area contributed by atoms with Crippen LogP contribution in [-0.4, -0.2) is 49.2 Å². The highest BCUT2D eigenvalue weighted by Crippen LogP contribution is 2.20. The maximum Gasteiger partial charge on any atom is 0.319 e. The highest BCUT2D eigenvalue weighted by molar-refractivity contribution is 5.90. The number of carbonyl (C=O) groups is 1. The summed E-state index contributed by atoms with van der Waals surface area (Å²) >= 11 is 0. The normalized spacial score (nSPS) is 19.0. The van der Waals surface area contributed by atoms with Gasteiger partial charge in [0.25, 0.3) is 0 Å². The van der Waals surface area contributed by atoms with Gasteiger partial charge in [0.05, 0.1) is 6.61 Å². The van der Waals surface area contributed by atoms with Crippen molar-refractivity contribution in [2.45, 2.75) is 19.8 Å². The second-order valence-electron chi connectivity index (χ2n) is 5.39. The number of ether oxygens (including phenoxy) is 1. The summed E-state index contributed by atoms with van der Waals surface area (Å²) in [7, 11) is 2.12. The Hall–Kier alpha value is -1.82.